The van der Waals surface area contributed by atoms with Gasteiger partial charge in [-0.05, 0) is 32.4 Å². The summed E-state index contributed by atoms with van der Waals surface area (Å²) in [6, 6.07) is 9.75. The number of nitrogens with one attached hydrogen (secondary N) is 2. The monoisotopic (exact) mass is 486 g/mol. The van der Waals surface area contributed by atoms with Gasteiger partial charge in [-0.1, -0.05) is 18.2 Å². The van der Waals surface area contributed by atoms with E-state index in [0.29, 0.717) is 44.4 Å². The minimum Gasteiger partial charge on any atom is -0.466 e. The number of hydrogen-bond donors (Lipinski definition) is 2. The number of ether oxygens (including phenoxy) is 1. The van der Waals surface area contributed by atoms with Gasteiger partial charge in [-0.25, -0.2) is 9.98 Å². The molecule has 0 aliphatic carbocycles. The molecule has 0 radical (unpaired) electrons. The number of benzene rings is 1. The summed E-state index contributed by atoms with van der Waals surface area (Å²) in [6.07, 6.45) is 2.70. The van der Waals surface area contributed by atoms with Gasteiger partial charge < -0.3 is 19.8 Å². The zero-order valence-corrected chi connectivity index (χ0v) is 18.1. The fourth-order valence-corrected chi connectivity index (χ4v) is 2.27. The van der Waals surface area contributed by atoms with Crippen molar-refractivity contribution in [2.45, 2.75) is 33.2 Å². The molecule has 0 saturated heterocycles. The van der Waals surface area contributed by atoms with Crippen LogP contribution in [0.3, 0.4) is 0 Å². The molecule has 2 rings (SSSR count). The van der Waals surface area contributed by atoms with E-state index >= 15 is 0 Å². The van der Waals surface area contributed by atoms with Crippen LogP contribution in [-0.4, -0.2) is 36.6 Å². The molecule has 0 saturated carbocycles. The molecule has 0 unspecified atom stereocenters. The molecule has 1 aromatic heterocycles. The Balaban J connectivity index is 0.00000364. The van der Waals surface area contributed by atoms with Gasteiger partial charge in [0.2, 0.25) is 5.89 Å². The zero-order valence-electron chi connectivity index (χ0n) is 15.7. The van der Waals surface area contributed by atoms with Crippen molar-refractivity contribution in [3.05, 3.63) is 42.3 Å². The van der Waals surface area contributed by atoms with E-state index in [0.717, 1.165) is 17.8 Å². The second-order valence-electron chi connectivity index (χ2n) is 5.54. The Labute approximate surface area is 177 Å². The molecule has 0 aliphatic heterocycles. The molecule has 0 atom stereocenters. The molecule has 0 spiro atoms. The van der Waals surface area contributed by atoms with Crippen LogP contribution in [0.25, 0.3) is 11.5 Å². The number of guanidine groups is 1. The van der Waals surface area contributed by atoms with Gasteiger partial charge >= 0.3 is 5.97 Å². The van der Waals surface area contributed by atoms with Crippen LogP contribution >= 0.6 is 24.0 Å². The lowest BCUT2D eigenvalue weighted by Crippen LogP contribution is -2.37. The lowest BCUT2D eigenvalue weighted by molar-refractivity contribution is -0.143. The Kier molecular flexibility index (Phi) is 11.2. The topological polar surface area (TPSA) is 88.8 Å². The Morgan fingerprint density at radius 1 is 1.22 bits per heavy atom. The van der Waals surface area contributed by atoms with Crippen molar-refractivity contribution in [1.82, 2.24) is 15.6 Å². The number of rotatable bonds is 9. The average molecular weight is 486 g/mol. The first-order valence-electron chi connectivity index (χ1n) is 8.90. The number of aliphatic imine (C=N–C) groups is 1. The van der Waals surface area contributed by atoms with Gasteiger partial charge in [-0.3, -0.25) is 4.79 Å². The van der Waals surface area contributed by atoms with Crippen LogP contribution in [-0.2, 0) is 16.1 Å². The van der Waals surface area contributed by atoms with Gasteiger partial charge in [0.15, 0.2) is 5.96 Å². The minimum atomic E-state index is -0.174. The smallest absolute Gasteiger partial charge is 0.305 e. The molecule has 0 aliphatic rings. The van der Waals surface area contributed by atoms with Crippen molar-refractivity contribution < 1.29 is 13.9 Å². The number of aromatic nitrogens is 1. The van der Waals surface area contributed by atoms with Gasteiger partial charge in [0.25, 0.3) is 0 Å². The predicted molar refractivity (Wildman–Crippen MR) is 116 cm³/mol. The molecule has 7 nitrogen and oxygen atoms in total. The van der Waals surface area contributed by atoms with E-state index in [2.05, 4.69) is 20.6 Å². The molecule has 27 heavy (non-hydrogen) atoms. The number of hydrogen-bond acceptors (Lipinski definition) is 5. The maximum Gasteiger partial charge on any atom is 0.305 e. The van der Waals surface area contributed by atoms with Crippen molar-refractivity contribution >= 4 is 35.9 Å². The number of nitrogens with zero attached hydrogens (tertiary/aromatic N) is 2. The average Bonchev–Trinajstić information content (AvgIpc) is 3.13. The van der Waals surface area contributed by atoms with Crippen LogP contribution < -0.4 is 10.6 Å². The maximum absolute atomic E-state index is 11.3. The van der Waals surface area contributed by atoms with Crippen LogP contribution in [0.2, 0.25) is 0 Å². The molecule has 0 bridgehead atoms. The minimum absolute atomic E-state index is 0. The first kappa shape index (κ1) is 22.9. The molecule has 1 aromatic carbocycles. The summed E-state index contributed by atoms with van der Waals surface area (Å²) in [5.41, 5.74) is 1.69. The Bertz CT molecular complexity index is 704. The summed E-state index contributed by atoms with van der Waals surface area (Å²) in [5.74, 6) is 1.09. The largest absolute Gasteiger partial charge is 0.466 e. The fraction of sp³-hybridized carbons (Fsp3) is 0.421. The Hall–Kier alpha value is -2.10. The van der Waals surface area contributed by atoms with Gasteiger partial charge in [0.05, 0.1) is 13.2 Å². The third kappa shape index (κ3) is 8.42. The predicted octanol–water partition coefficient (Wildman–Crippen LogP) is 3.36. The van der Waals surface area contributed by atoms with Crippen molar-refractivity contribution in [3.63, 3.8) is 0 Å². The Morgan fingerprint density at radius 3 is 2.70 bits per heavy atom. The normalized spacial score (nSPS) is 10.8. The van der Waals surface area contributed by atoms with Crippen LogP contribution in [0.5, 0.6) is 0 Å². The summed E-state index contributed by atoms with van der Waals surface area (Å²) in [7, 11) is 0. The Morgan fingerprint density at radius 2 is 2.00 bits per heavy atom. The van der Waals surface area contributed by atoms with Crippen molar-refractivity contribution in [1.29, 1.82) is 0 Å². The van der Waals surface area contributed by atoms with E-state index in [1.807, 2.05) is 37.3 Å². The maximum atomic E-state index is 11.3. The first-order valence-corrected chi connectivity index (χ1v) is 8.90. The van der Waals surface area contributed by atoms with Crippen LogP contribution in [0.4, 0.5) is 0 Å². The highest BCUT2D eigenvalue weighted by Gasteiger charge is 2.06. The van der Waals surface area contributed by atoms with E-state index in [-0.39, 0.29) is 29.9 Å². The number of esters is 1. The van der Waals surface area contributed by atoms with Crippen molar-refractivity contribution in [2.24, 2.45) is 4.99 Å². The summed E-state index contributed by atoms with van der Waals surface area (Å²) in [4.78, 5) is 20.3. The van der Waals surface area contributed by atoms with Crippen LogP contribution in [0, 0.1) is 0 Å². The highest BCUT2D eigenvalue weighted by molar-refractivity contribution is 14.0. The zero-order chi connectivity index (χ0) is 18.6. The number of oxazole rings is 1. The van der Waals surface area contributed by atoms with Gasteiger partial charge in [-0.15, -0.1) is 24.0 Å². The molecule has 1 heterocycles. The highest BCUT2D eigenvalue weighted by Crippen LogP contribution is 2.18. The van der Waals surface area contributed by atoms with Gasteiger partial charge in [0.1, 0.15) is 12.0 Å². The molecule has 8 heteroatoms. The molecule has 2 aromatic rings. The molecule has 0 amide bonds. The van der Waals surface area contributed by atoms with Gasteiger partial charge in [-0.2, -0.15) is 0 Å². The molecule has 148 valence electrons. The fourth-order valence-electron chi connectivity index (χ4n) is 2.27. The van der Waals surface area contributed by atoms with Gasteiger partial charge in [0, 0.05) is 25.1 Å². The second-order valence-corrected chi connectivity index (χ2v) is 5.54. The quantitative estimate of drug-likeness (QED) is 0.186. The molecule has 0 fully saturated rings. The molecular weight excluding hydrogens is 459 g/mol. The molecular formula is C19H27IN4O3. The molecule has 2 N–H and O–H groups in total. The van der Waals surface area contributed by atoms with E-state index in [9.17, 15) is 4.79 Å². The standard InChI is InChI=1S/C19H26N4O3.HI/c1-3-20-19(21-12-8-11-17(24)25-4-2)22-13-16-14-26-18(23-16)15-9-6-5-7-10-15;/h5-7,9-10,14H,3-4,8,11-13H2,1-2H3,(H2,20,21,22);1H. The van der Waals surface area contributed by atoms with Crippen molar-refractivity contribution in [2.75, 3.05) is 19.7 Å². The van der Waals surface area contributed by atoms with Crippen LogP contribution in [0.15, 0.2) is 46.0 Å². The third-order valence-electron chi connectivity index (χ3n) is 3.47. The van der Waals surface area contributed by atoms with E-state index < -0.39 is 0 Å². The summed E-state index contributed by atoms with van der Waals surface area (Å²) < 4.78 is 10.4. The lowest BCUT2D eigenvalue weighted by Gasteiger charge is -2.10. The second kappa shape index (κ2) is 13.1. The number of halogens is 1. The SMILES string of the molecule is CCNC(=NCc1coc(-c2ccccc2)n1)NCCCC(=O)OCC.I. The van der Waals surface area contributed by atoms with E-state index in [1.165, 1.54) is 0 Å². The number of carbonyl (C=O) groups excluding carboxylic acids is 1. The van der Waals surface area contributed by atoms with Crippen molar-refractivity contribution in [3.8, 4) is 11.5 Å². The van der Waals surface area contributed by atoms with Crippen LogP contribution in [0.1, 0.15) is 32.4 Å². The van der Waals surface area contributed by atoms with E-state index in [1.54, 1.807) is 13.2 Å². The lowest BCUT2D eigenvalue weighted by atomic mass is 10.2. The highest BCUT2D eigenvalue weighted by atomic mass is 127. The summed E-state index contributed by atoms with van der Waals surface area (Å²) in [5, 5.41) is 6.37. The number of carbonyl (C=O) groups is 1. The summed E-state index contributed by atoms with van der Waals surface area (Å²) in [6.45, 7) is 6.01. The summed E-state index contributed by atoms with van der Waals surface area (Å²) >= 11 is 0. The first-order chi connectivity index (χ1) is 12.7. The third-order valence-corrected chi connectivity index (χ3v) is 3.47. The van der Waals surface area contributed by atoms with E-state index in [4.69, 9.17) is 9.15 Å².